The molecule has 25 heavy (non-hydrogen) atoms. The average molecular weight is 342 g/mol. The minimum absolute atomic E-state index is 0.194. The summed E-state index contributed by atoms with van der Waals surface area (Å²) in [5.74, 6) is -0.240. The summed E-state index contributed by atoms with van der Waals surface area (Å²) in [6.07, 6.45) is 0.859. The molecular weight excluding hydrogens is 316 g/mol. The molecule has 0 spiro atoms. The smallest absolute Gasteiger partial charge is 0.321 e. The molecule has 0 heterocycles. The fourth-order valence-electron chi connectivity index (χ4n) is 2.50. The van der Waals surface area contributed by atoms with E-state index in [1.54, 1.807) is 11.9 Å². The maximum Gasteiger partial charge on any atom is 0.321 e. The summed E-state index contributed by atoms with van der Waals surface area (Å²) >= 11 is 0. The molecule has 2 rings (SSSR count). The van der Waals surface area contributed by atoms with Crippen LogP contribution in [0.5, 0.6) is 0 Å². The van der Waals surface area contributed by atoms with Gasteiger partial charge in [-0.2, -0.15) is 0 Å². The number of carbonyl (C=O) groups is 2. The van der Waals surface area contributed by atoms with E-state index in [2.05, 4.69) is 5.32 Å². The number of esters is 1. The molecule has 1 N–H and O–H groups in total. The van der Waals surface area contributed by atoms with Gasteiger partial charge in [-0.1, -0.05) is 36.4 Å². The highest BCUT2D eigenvalue weighted by Crippen LogP contribution is 2.23. The topological polar surface area (TPSA) is 58.6 Å². The van der Waals surface area contributed by atoms with Crippen LogP contribution in [-0.4, -0.2) is 36.1 Å². The number of hydrogen-bond acceptors (Lipinski definition) is 3. The van der Waals surface area contributed by atoms with Crippen molar-refractivity contribution >= 4 is 28.5 Å². The summed E-state index contributed by atoms with van der Waals surface area (Å²) in [5, 5.41) is 5.01. The largest absolute Gasteiger partial charge is 0.460 e. The number of ether oxygens (including phenoxy) is 1. The lowest BCUT2D eigenvalue weighted by atomic mass is 10.1. The monoisotopic (exact) mass is 342 g/mol. The van der Waals surface area contributed by atoms with E-state index >= 15 is 0 Å². The summed E-state index contributed by atoms with van der Waals surface area (Å²) < 4.78 is 5.27. The van der Waals surface area contributed by atoms with Crippen molar-refractivity contribution in [1.82, 2.24) is 4.90 Å². The van der Waals surface area contributed by atoms with Crippen LogP contribution in [0.1, 0.15) is 33.6 Å². The molecule has 2 aromatic rings. The van der Waals surface area contributed by atoms with Crippen molar-refractivity contribution in [3.63, 3.8) is 0 Å². The quantitative estimate of drug-likeness (QED) is 0.818. The van der Waals surface area contributed by atoms with Gasteiger partial charge in [0.1, 0.15) is 5.60 Å². The Hall–Kier alpha value is -2.56. The van der Waals surface area contributed by atoms with Gasteiger partial charge in [0.25, 0.3) is 0 Å². The van der Waals surface area contributed by atoms with E-state index < -0.39 is 5.60 Å². The third-order valence-corrected chi connectivity index (χ3v) is 3.67. The van der Waals surface area contributed by atoms with Gasteiger partial charge in [0.15, 0.2) is 0 Å². The summed E-state index contributed by atoms with van der Waals surface area (Å²) in [6, 6.07) is 13.5. The van der Waals surface area contributed by atoms with Crippen LogP contribution in [0.2, 0.25) is 0 Å². The lowest BCUT2D eigenvalue weighted by Crippen LogP contribution is -2.32. The number of amides is 2. The Labute approximate surface area is 149 Å². The summed E-state index contributed by atoms with van der Waals surface area (Å²) in [4.78, 5) is 25.6. The van der Waals surface area contributed by atoms with Crippen molar-refractivity contribution in [3.8, 4) is 0 Å². The molecule has 0 bridgehead atoms. The number of fused-ring (bicyclic) bond motifs is 1. The zero-order valence-corrected chi connectivity index (χ0v) is 15.3. The number of anilines is 1. The molecular formula is C20H26N2O3. The number of nitrogens with zero attached hydrogens (tertiary/aromatic N) is 1. The second-order valence-corrected chi connectivity index (χ2v) is 7.07. The molecule has 0 fully saturated rings. The average Bonchev–Trinajstić information content (AvgIpc) is 2.53. The van der Waals surface area contributed by atoms with Gasteiger partial charge in [0.05, 0.1) is 5.69 Å². The van der Waals surface area contributed by atoms with E-state index in [-0.39, 0.29) is 12.0 Å². The van der Waals surface area contributed by atoms with Crippen molar-refractivity contribution < 1.29 is 14.3 Å². The van der Waals surface area contributed by atoms with E-state index in [4.69, 9.17) is 4.74 Å². The van der Waals surface area contributed by atoms with Gasteiger partial charge in [-0.05, 0) is 38.6 Å². The molecule has 134 valence electrons. The Kier molecular flexibility index (Phi) is 6.02. The maximum absolute atomic E-state index is 12.4. The van der Waals surface area contributed by atoms with Crippen molar-refractivity contribution in [2.75, 3.05) is 18.9 Å². The van der Waals surface area contributed by atoms with Crippen LogP contribution in [0, 0.1) is 0 Å². The van der Waals surface area contributed by atoms with E-state index in [0.29, 0.717) is 19.4 Å². The lowest BCUT2D eigenvalue weighted by molar-refractivity contribution is -0.154. The first-order valence-corrected chi connectivity index (χ1v) is 8.48. The van der Waals surface area contributed by atoms with Gasteiger partial charge >= 0.3 is 12.0 Å². The molecule has 0 aromatic heterocycles. The zero-order valence-electron chi connectivity index (χ0n) is 15.3. The van der Waals surface area contributed by atoms with Gasteiger partial charge in [-0.15, -0.1) is 0 Å². The molecule has 2 amide bonds. The Bertz CT molecular complexity index is 745. The van der Waals surface area contributed by atoms with E-state index in [9.17, 15) is 9.59 Å². The third-order valence-electron chi connectivity index (χ3n) is 3.67. The van der Waals surface area contributed by atoms with Crippen molar-refractivity contribution in [1.29, 1.82) is 0 Å². The number of urea groups is 1. The summed E-state index contributed by atoms with van der Waals surface area (Å²) in [7, 11) is 1.72. The molecule has 5 nitrogen and oxygen atoms in total. The summed E-state index contributed by atoms with van der Waals surface area (Å²) in [5.41, 5.74) is 0.302. The molecule has 0 radical (unpaired) electrons. The standard InChI is InChI=1S/C20H26N2O3/c1-20(2,3)25-18(23)13-8-14-22(4)19(24)21-17-12-7-10-15-9-5-6-11-16(15)17/h5-7,9-12H,8,13-14H2,1-4H3,(H,21,24). The lowest BCUT2D eigenvalue weighted by Gasteiger charge is -2.21. The van der Waals surface area contributed by atoms with Crippen LogP contribution < -0.4 is 5.32 Å². The van der Waals surface area contributed by atoms with Crippen molar-refractivity contribution in [3.05, 3.63) is 42.5 Å². The van der Waals surface area contributed by atoms with Crippen LogP contribution in [0.3, 0.4) is 0 Å². The molecule has 5 heteroatoms. The molecule has 0 saturated carbocycles. The second-order valence-electron chi connectivity index (χ2n) is 7.07. The Balaban J connectivity index is 1.87. The number of carbonyl (C=O) groups excluding carboxylic acids is 2. The maximum atomic E-state index is 12.4. The Morgan fingerprint density at radius 1 is 1.08 bits per heavy atom. The first-order chi connectivity index (χ1) is 11.8. The van der Waals surface area contributed by atoms with Crippen LogP contribution in [-0.2, 0) is 9.53 Å². The number of benzene rings is 2. The van der Waals surface area contributed by atoms with E-state index in [0.717, 1.165) is 16.5 Å². The van der Waals surface area contributed by atoms with Gasteiger partial charge in [0, 0.05) is 25.4 Å². The predicted molar refractivity (Wildman–Crippen MR) is 101 cm³/mol. The highest BCUT2D eigenvalue weighted by atomic mass is 16.6. The Morgan fingerprint density at radius 3 is 2.48 bits per heavy atom. The molecule has 0 atom stereocenters. The molecule has 0 saturated heterocycles. The molecule has 0 unspecified atom stereocenters. The zero-order chi connectivity index (χ0) is 18.4. The molecule has 0 aliphatic heterocycles. The minimum Gasteiger partial charge on any atom is -0.460 e. The number of hydrogen-bond donors (Lipinski definition) is 1. The first-order valence-electron chi connectivity index (χ1n) is 8.48. The SMILES string of the molecule is CN(CCCC(=O)OC(C)(C)C)C(=O)Nc1cccc2ccccc12. The first kappa shape index (κ1) is 18.8. The van der Waals surface area contributed by atoms with Crippen molar-refractivity contribution in [2.45, 2.75) is 39.2 Å². The van der Waals surface area contributed by atoms with Crippen LogP contribution >= 0.6 is 0 Å². The predicted octanol–water partition coefficient (Wildman–Crippen LogP) is 4.43. The summed E-state index contributed by atoms with van der Waals surface area (Å²) in [6.45, 7) is 6.01. The fraction of sp³-hybridized carbons (Fsp3) is 0.400. The normalized spacial score (nSPS) is 11.2. The molecule has 2 aromatic carbocycles. The highest BCUT2D eigenvalue weighted by molar-refractivity contribution is 6.01. The van der Waals surface area contributed by atoms with Crippen LogP contribution in [0.4, 0.5) is 10.5 Å². The number of nitrogens with one attached hydrogen (secondary N) is 1. The second kappa shape index (κ2) is 8.01. The van der Waals surface area contributed by atoms with Gasteiger partial charge in [-0.25, -0.2) is 4.79 Å². The minimum atomic E-state index is -0.477. The van der Waals surface area contributed by atoms with Gasteiger partial charge in [0.2, 0.25) is 0 Å². The number of rotatable bonds is 5. The van der Waals surface area contributed by atoms with Crippen LogP contribution in [0.15, 0.2) is 42.5 Å². The highest BCUT2D eigenvalue weighted by Gasteiger charge is 2.16. The molecule has 0 aliphatic carbocycles. The molecule has 0 aliphatic rings. The van der Waals surface area contributed by atoms with Crippen molar-refractivity contribution in [2.24, 2.45) is 0 Å². The van der Waals surface area contributed by atoms with E-state index in [1.807, 2.05) is 63.2 Å². The third kappa shape index (κ3) is 5.78. The van der Waals surface area contributed by atoms with Gasteiger partial charge < -0.3 is 15.0 Å². The Morgan fingerprint density at radius 2 is 1.76 bits per heavy atom. The van der Waals surface area contributed by atoms with Gasteiger partial charge in [-0.3, -0.25) is 4.79 Å². The fourth-order valence-corrected chi connectivity index (χ4v) is 2.50. The van der Waals surface area contributed by atoms with Crippen LogP contribution in [0.25, 0.3) is 10.8 Å². The van der Waals surface area contributed by atoms with E-state index in [1.165, 1.54) is 0 Å².